The zero-order valence-corrected chi connectivity index (χ0v) is 16.8. The molecule has 3 nitrogen and oxygen atoms in total. The van der Waals surface area contributed by atoms with Gasteiger partial charge in [0.05, 0.1) is 12.2 Å². The number of benzene rings is 2. The summed E-state index contributed by atoms with van der Waals surface area (Å²) in [5.41, 5.74) is 1.23. The van der Waals surface area contributed by atoms with Gasteiger partial charge in [-0.25, -0.2) is 4.79 Å². The van der Waals surface area contributed by atoms with Crippen LogP contribution in [0.4, 0.5) is 0 Å². The highest BCUT2D eigenvalue weighted by Crippen LogP contribution is 2.17. The Bertz CT molecular complexity index is 739. The molecule has 0 N–H and O–H groups in total. The molecule has 2 aromatic rings. The van der Waals surface area contributed by atoms with Crippen LogP contribution in [0.3, 0.4) is 0 Å². The van der Waals surface area contributed by atoms with Gasteiger partial charge >= 0.3 is 5.97 Å². The van der Waals surface area contributed by atoms with E-state index in [-0.39, 0.29) is 0 Å². The van der Waals surface area contributed by atoms with Crippen LogP contribution in [-0.2, 0) is 0 Å². The van der Waals surface area contributed by atoms with Crippen molar-refractivity contribution in [1.29, 1.82) is 0 Å². The number of esters is 1. The maximum atomic E-state index is 12.2. The van der Waals surface area contributed by atoms with Crippen molar-refractivity contribution in [2.45, 2.75) is 58.3 Å². The van der Waals surface area contributed by atoms with Crippen molar-refractivity contribution in [2.75, 3.05) is 6.61 Å². The Kier molecular flexibility index (Phi) is 9.72. The standard InChI is InChI=1S/C25H30O3/c1-3-5-6-7-8-9-10-11-20-27-23-18-14-22(15-19-23)25(26)28-24-16-12-21(4-2)13-17-24/h2,12-19H,3,5-11,20H2,1H3. The number of unbranched alkanes of at least 4 members (excludes halogenated alkanes) is 7. The molecule has 0 unspecified atom stereocenters. The zero-order chi connectivity index (χ0) is 20.0. The summed E-state index contributed by atoms with van der Waals surface area (Å²) >= 11 is 0. The summed E-state index contributed by atoms with van der Waals surface area (Å²) in [7, 11) is 0. The molecule has 0 saturated heterocycles. The topological polar surface area (TPSA) is 35.5 Å². The van der Waals surface area contributed by atoms with Crippen molar-refractivity contribution < 1.29 is 14.3 Å². The molecule has 0 aliphatic carbocycles. The van der Waals surface area contributed by atoms with Gasteiger partial charge in [-0.15, -0.1) is 6.42 Å². The molecule has 0 aliphatic rings. The predicted octanol–water partition coefficient (Wildman–Crippen LogP) is 6.41. The molecule has 0 heterocycles. The quantitative estimate of drug-likeness (QED) is 0.185. The Morgan fingerprint density at radius 2 is 1.39 bits per heavy atom. The van der Waals surface area contributed by atoms with Crippen LogP contribution in [0.15, 0.2) is 48.5 Å². The van der Waals surface area contributed by atoms with E-state index in [4.69, 9.17) is 15.9 Å². The van der Waals surface area contributed by atoms with E-state index in [0.29, 0.717) is 17.9 Å². The van der Waals surface area contributed by atoms with Gasteiger partial charge in [0.2, 0.25) is 0 Å². The lowest BCUT2D eigenvalue weighted by atomic mass is 10.1. The van der Waals surface area contributed by atoms with Crippen molar-refractivity contribution in [3.8, 4) is 23.8 Å². The number of ether oxygens (including phenoxy) is 2. The number of terminal acetylenes is 1. The smallest absolute Gasteiger partial charge is 0.343 e. The number of hydrogen-bond donors (Lipinski definition) is 0. The molecule has 2 aromatic carbocycles. The Balaban J connectivity index is 1.66. The molecule has 0 aliphatic heterocycles. The predicted molar refractivity (Wildman–Crippen MR) is 114 cm³/mol. The summed E-state index contributed by atoms with van der Waals surface area (Å²) in [5.74, 6) is 3.38. The number of rotatable bonds is 12. The molecule has 0 bridgehead atoms. The SMILES string of the molecule is C#Cc1ccc(OC(=O)c2ccc(OCCCCCCCCCC)cc2)cc1. The third-order valence-corrected chi connectivity index (χ3v) is 4.59. The minimum atomic E-state index is -0.400. The maximum Gasteiger partial charge on any atom is 0.343 e. The van der Waals surface area contributed by atoms with E-state index >= 15 is 0 Å². The van der Waals surface area contributed by atoms with Crippen LogP contribution < -0.4 is 9.47 Å². The van der Waals surface area contributed by atoms with Crippen LogP contribution in [0.5, 0.6) is 11.5 Å². The first-order valence-electron chi connectivity index (χ1n) is 10.2. The van der Waals surface area contributed by atoms with Gasteiger partial charge in [-0.3, -0.25) is 0 Å². The van der Waals surface area contributed by atoms with E-state index in [1.165, 1.54) is 44.9 Å². The molecule has 0 saturated carbocycles. The molecule has 0 radical (unpaired) electrons. The van der Waals surface area contributed by atoms with Crippen LogP contribution in [0.1, 0.15) is 74.2 Å². The van der Waals surface area contributed by atoms with Gasteiger partial charge in [0.1, 0.15) is 11.5 Å². The van der Waals surface area contributed by atoms with Crippen molar-refractivity contribution in [3.05, 3.63) is 59.7 Å². The Morgan fingerprint density at radius 1 is 0.821 bits per heavy atom. The third kappa shape index (κ3) is 7.88. The lowest BCUT2D eigenvalue weighted by molar-refractivity contribution is 0.0734. The molecular weight excluding hydrogens is 348 g/mol. The maximum absolute atomic E-state index is 12.2. The average Bonchev–Trinajstić information content (AvgIpc) is 2.73. The van der Waals surface area contributed by atoms with E-state index in [1.807, 2.05) is 12.1 Å². The van der Waals surface area contributed by atoms with Gasteiger partial charge in [-0.1, -0.05) is 57.8 Å². The van der Waals surface area contributed by atoms with Gasteiger partial charge in [0, 0.05) is 5.56 Å². The lowest BCUT2D eigenvalue weighted by Gasteiger charge is -2.08. The molecule has 2 rings (SSSR count). The molecule has 0 spiro atoms. The summed E-state index contributed by atoms with van der Waals surface area (Å²) in [4.78, 5) is 12.2. The summed E-state index contributed by atoms with van der Waals surface area (Å²) in [6.45, 7) is 2.95. The summed E-state index contributed by atoms with van der Waals surface area (Å²) in [5, 5.41) is 0. The monoisotopic (exact) mass is 378 g/mol. The highest BCUT2D eigenvalue weighted by Gasteiger charge is 2.08. The van der Waals surface area contributed by atoms with Gasteiger partial charge in [-0.2, -0.15) is 0 Å². The molecule has 0 fully saturated rings. The number of carbonyl (C=O) groups is 1. The van der Waals surface area contributed by atoms with E-state index in [2.05, 4.69) is 12.8 Å². The first-order chi connectivity index (χ1) is 13.7. The molecule has 148 valence electrons. The van der Waals surface area contributed by atoms with Crippen LogP contribution in [0.25, 0.3) is 0 Å². The average molecular weight is 379 g/mol. The molecule has 28 heavy (non-hydrogen) atoms. The molecule has 3 heteroatoms. The number of hydrogen-bond acceptors (Lipinski definition) is 3. The van der Waals surface area contributed by atoms with Gasteiger partial charge in [-0.05, 0) is 55.0 Å². The lowest BCUT2D eigenvalue weighted by Crippen LogP contribution is -2.08. The minimum Gasteiger partial charge on any atom is -0.494 e. The highest BCUT2D eigenvalue weighted by molar-refractivity contribution is 5.91. The van der Waals surface area contributed by atoms with Gasteiger partial charge < -0.3 is 9.47 Å². The van der Waals surface area contributed by atoms with Crippen molar-refractivity contribution in [3.63, 3.8) is 0 Å². The molecule has 0 amide bonds. The third-order valence-electron chi connectivity index (χ3n) is 4.59. The summed E-state index contributed by atoms with van der Waals surface area (Å²) < 4.78 is 11.1. The fourth-order valence-electron chi connectivity index (χ4n) is 2.90. The van der Waals surface area contributed by atoms with Crippen LogP contribution in [0, 0.1) is 12.3 Å². The van der Waals surface area contributed by atoms with E-state index in [0.717, 1.165) is 17.7 Å². The largest absolute Gasteiger partial charge is 0.494 e. The van der Waals surface area contributed by atoms with Crippen LogP contribution in [0.2, 0.25) is 0 Å². The van der Waals surface area contributed by atoms with Crippen LogP contribution in [-0.4, -0.2) is 12.6 Å². The zero-order valence-electron chi connectivity index (χ0n) is 16.8. The summed E-state index contributed by atoms with van der Waals surface area (Å²) in [6, 6.07) is 13.9. The Labute approximate surface area is 169 Å². The molecule has 0 atom stereocenters. The second kappa shape index (κ2) is 12.6. The highest BCUT2D eigenvalue weighted by atomic mass is 16.5. The van der Waals surface area contributed by atoms with E-state index in [1.54, 1.807) is 36.4 Å². The molecular formula is C25H30O3. The minimum absolute atomic E-state index is 0.400. The second-order valence-electron chi connectivity index (χ2n) is 6.91. The van der Waals surface area contributed by atoms with Crippen molar-refractivity contribution >= 4 is 5.97 Å². The Morgan fingerprint density at radius 3 is 2.00 bits per heavy atom. The van der Waals surface area contributed by atoms with Crippen LogP contribution >= 0.6 is 0 Å². The fraction of sp³-hybridized carbons (Fsp3) is 0.400. The van der Waals surface area contributed by atoms with Crippen molar-refractivity contribution in [2.24, 2.45) is 0 Å². The second-order valence-corrected chi connectivity index (χ2v) is 6.91. The first kappa shape index (κ1) is 21.6. The normalized spacial score (nSPS) is 10.3. The van der Waals surface area contributed by atoms with Gasteiger partial charge in [0.15, 0.2) is 0 Å². The fourth-order valence-corrected chi connectivity index (χ4v) is 2.90. The van der Waals surface area contributed by atoms with Gasteiger partial charge in [0.25, 0.3) is 0 Å². The van der Waals surface area contributed by atoms with E-state index < -0.39 is 5.97 Å². The van der Waals surface area contributed by atoms with Crippen molar-refractivity contribution in [1.82, 2.24) is 0 Å². The summed E-state index contributed by atoms with van der Waals surface area (Å²) in [6.07, 6.45) is 15.5. The number of carbonyl (C=O) groups excluding carboxylic acids is 1. The first-order valence-corrected chi connectivity index (χ1v) is 10.2. The Hall–Kier alpha value is -2.73. The molecule has 0 aromatic heterocycles. The van der Waals surface area contributed by atoms with E-state index in [9.17, 15) is 4.79 Å².